The second-order valence-corrected chi connectivity index (χ2v) is 7.55. The van der Waals surface area contributed by atoms with Crippen LogP contribution in [0.5, 0.6) is 0 Å². The molecule has 0 unspecified atom stereocenters. The van der Waals surface area contributed by atoms with Gasteiger partial charge in [-0.05, 0) is 67.6 Å². The van der Waals surface area contributed by atoms with E-state index in [-0.39, 0.29) is 5.91 Å². The van der Waals surface area contributed by atoms with Gasteiger partial charge in [-0.15, -0.1) is 0 Å². The van der Waals surface area contributed by atoms with Gasteiger partial charge in [-0.25, -0.2) is 0 Å². The Labute approximate surface area is 152 Å². The summed E-state index contributed by atoms with van der Waals surface area (Å²) in [5.41, 5.74) is 3.71. The van der Waals surface area contributed by atoms with Crippen molar-refractivity contribution in [2.75, 3.05) is 11.9 Å². The largest absolute Gasteiger partial charge is 0.322 e. The van der Waals surface area contributed by atoms with Crippen LogP contribution in [0, 0.1) is 5.92 Å². The molecule has 2 aromatic carbocycles. The molecule has 2 aliphatic carbocycles. The fraction of sp³-hybridized carbons (Fsp3) is 0.333. The Kier molecular flexibility index (Phi) is 3.75. The number of carbonyl (C=O) groups is 1. The first-order chi connectivity index (χ1) is 12.8. The van der Waals surface area contributed by atoms with Crippen LogP contribution in [0.15, 0.2) is 48.7 Å². The summed E-state index contributed by atoms with van der Waals surface area (Å²) in [6, 6.07) is 14.4. The predicted octanol–water partition coefficient (Wildman–Crippen LogP) is 3.67. The van der Waals surface area contributed by atoms with Crippen LogP contribution in [0.2, 0.25) is 0 Å². The van der Waals surface area contributed by atoms with Gasteiger partial charge >= 0.3 is 0 Å². The summed E-state index contributed by atoms with van der Waals surface area (Å²) >= 11 is 0. The van der Waals surface area contributed by atoms with Gasteiger partial charge in [0.15, 0.2) is 0 Å². The molecule has 5 heteroatoms. The minimum atomic E-state index is -0.0714. The van der Waals surface area contributed by atoms with Crippen molar-refractivity contribution >= 4 is 22.5 Å². The number of rotatable bonds is 6. The Morgan fingerprint density at radius 1 is 1.19 bits per heavy atom. The molecule has 0 spiro atoms. The smallest absolute Gasteiger partial charge is 0.255 e. The van der Waals surface area contributed by atoms with E-state index in [0.717, 1.165) is 29.1 Å². The van der Waals surface area contributed by atoms with Gasteiger partial charge in [0.05, 0.1) is 11.7 Å². The van der Waals surface area contributed by atoms with Crippen molar-refractivity contribution in [1.82, 2.24) is 15.5 Å². The molecule has 0 aliphatic heterocycles. The Morgan fingerprint density at radius 2 is 2.12 bits per heavy atom. The van der Waals surface area contributed by atoms with Gasteiger partial charge in [-0.2, -0.15) is 5.10 Å². The molecule has 0 saturated heterocycles. The van der Waals surface area contributed by atoms with Gasteiger partial charge < -0.3 is 10.6 Å². The number of aromatic amines is 1. The topological polar surface area (TPSA) is 69.8 Å². The molecule has 1 amide bonds. The number of aromatic nitrogens is 2. The molecular weight excluding hydrogens is 324 g/mol. The highest BCUT2D eigenvalue weighted by molar-refractivity contribution is 6.05. The Bertz CT molecular complexity index is 959. The predicted molar refractivity (Wildman–Crippen MR) is 102 cm³/mol. The van der Waals surface area contributed by atoms with E-state index in [1.807, 2.05) is 36.4 Å². The van der Waals surface area contributed by atoms with Crippen molar-refractivity contribution in [3.8, 4) is 0 Å². The van der Waals surface area contributed by atoms with Gasteiger partial charge in [0.25, 0.3) is 5.91 Å². The molecule has 26 heavy (non-hydrogen) atoms. The number of anilines is 1. The molecule has 2 saturated carbocycles. The maximum atomic E-state index is 12.6. The average molecular weight is 346 g/mol. The Balaban J connectivity index is 1.26. The molecule has 1 aromatic heterocycles. The SMILES string of the molecule is O=C(Nc1ccc2[nH]ncc2c1)c1cccc([C@@H]2C[C@H]2NCC2CC2)c1. The highest BCUT2D eigenvalue weighted by Gasteiger charge is 2.39. The van der Waals surface area contributed by atoms with E-state index in [9.17, 15) is 4.79 Å². The van der Waals surface area contributed by atoms with Crippen LogP contribution in [0.25, 0.3) is 10.9 Å². The van der Waals surface area contributed by atoms with Crippen molar-refractivity contribution in [3.63, 3.8) is 0 Å². The van der Waals surface area contributed by atoms with Gasteiger partial charge in [-0.1, -0.05) is 12.1 Å². The molecule has 2 aliphatic rings. The molecule has 3 aromatic rings. The summed E-state index contributed by atoms with van der Waals surface area (Å²) in [6.07, 6.45) is 5.69. The number of fused-ring (bicyclic) bond motifs is 1. The highest BCUT2D eigenvalue weighted by Crippen LogP contribution is 2.41. The summed E-state index contributed by atoms with van der Waals surface area (Å²) in [5, 5.41) is 14.6. The van der Waals surface area contributed by atoms with Crippen LogP contribution in [0.3, 0.4) is 0 Å². The quantitative estimate of drug-likeness (QED) is 0.638. The van der Waals surface area contributed by atoms with Crippen molar-refractivity contribution in [3.05, 3.63) is 59.8 Å². The fourth-order valence-corrected chi connectivity index (χ4v) is 3.56. The molecule has 0 bridgehead atoms. The molecule has 132 valence electrons. The second kappa shape index (κ2) is 6.25. The van der Waals surface area contributed by atoms with Crippen LogP contribution in [-0.2, 0) is 0 Å². The van der Waals surface area contributed by atoms with Crippen LogP contribution in [0.4, 0.5) is 5.69 Å². The number of hydrogen-bond donors (Lipinski definition) is 3. The number of hydrogen-bond acceptors (Lipinski definition) is 3. The lowest BCUT2D eigenvalue weighted by molar-refractivity contribution is 0.102. The molecule has 2 atom stereocenters. The third-order valence-electron chi connectivity index (χ3n) is 5.43. The minimum Gasteiger partial charge on any atom is -0.322 e. The summed E-state index contributed by atoms with van der Waals surface area (Å²) in [7, 11) is 0. The zero-order valence-electron chi connectivity index (χ0n) is 14.5. The lowest BCUT2D eigenvalue weighted by Crippen LogP contribution is -2.20. The van der Waals surface area contributed by atoms with E-state index in [1.165, 1.54) is 24.8 Å². The first-order valence-electron chi connectivity index (χ1n) is 9.34. The van der Waals surface area contributed by atoms with E-state index in [0.29, 0.717) is 17.5 Å². The van der Waals surface area contributed by atoms with Crippen LogP contribution in [0.1, 0.15) is 41.1 Å². The van der Waals surface area contributed by atoms with E-state index in [4.69, 9.17) is 0 Å². The summed E-state index contributed by atoms with van der Waals surface area (Å²) < 4.78 is 0. The standard InChI is InChI=1S/C21H22N4O/c26-21(24-17-6-7-19-16(9-17)12-23-25-19)15-3-1-2-14(8-15)18-10-20(18)22-11-13-4-5-13/h1-3,6-9,12-13,18,20,22H,4-5,10-11H2,(H,23,25)(H,24,26)/t18-,20+/m0/s1. The van der Waals surface area contributed by atoms with Crippen molar-refractivity contribution in [1.29, 1.82) is 0 Å². The average Bonchev–Trinajstić information content (AvgIpc) is 3.57. The lowest BCUT2D eigenvalue weighted by atomic mass is 10.1. The number of amides is 1. The van der Waals surface area contributed by atoms with Gasteiger partial charge in [0.1, 0.15) is 0 Å². The molecule has 5 nitrogen and oxygen atoms in total. The third kappa shape index (κ3) is 3.22. The maximum Gasteiger partial charge on any atom is 0.255 e. The van der Waals surface area contributed by atoms with Crippen molar-refractivity contribution in [2.45, 2.75) is 31.2 Å². The minimum absolute atomic E-state index is 0.0714. The Morgan fingerprint density at radius 3 is 3.00 bits per heavy atom. The lowest BCUT2D eigenvalue weighted by Gasteiger charge is -2.08. The number of benzene rings is 2. The monoisotopic (exact) mass is 346 g/mol. The first kappa shape index (κ1) is 15.6. The summed E-state index contributed by atoms with van der Waals surface area (Å²) in [5.74, 6) is 1.38. The molecule has 0 radical (unpaired) electrons. The van der Waals surface area contributed by atoms with Crippen molar-refractivity contribution in [2.24, 2.45) is 5.92 Å². The van der Waals surface area contributed by atoms with E-state index < -0.39 is 0 Å². The van der Waals surface area contributed by atoms with E-state index in [1.54, 1.807) is 6.20 Å². The molecule has 3 N–H and O–H groups in total. The van der Waals surface area contributed by atoms with E-state index >= 15 is 0 Å². The molecule has 1 heterocycles. The summed E-state index contributed by atoms with van der Waals surface area (Å²) in [6.45, 7) is 1.15. The molecular formula is C21H22N4O. The Hall–Kier alpha value is -2.66. The first-order valence-corrected chi connectivity index (χ1v) is 9.34. The maximum absolute atomic E-state index is 12.6. The zero-order valence-corrected chi connectivity index (χ0v) is 14.5. The number of carbonyl (C=O) groups excluding carboxylic acids is 1. The number of nitrogens with zero attached hydrogens (tertiary/aromatic N) is 1. The number of nitrogens with one attached hydrogen (secondary N) is 3. The van der Waals surface area contributed by atoms with Crippen molar-refractivity contribution < 1.29 is 4.79 Å². The second-order valence-electron chi connectivity index (χ2n) is 7.55. The van der Waals surface area contributed by atoms with Gasteiger partial charge in [0.2, 0.25) is 0 Å². The summed E-state index contributed by atoms with van der Waals surface area (Å²) in [4.78, 5) is 12.6. The van der Waals surface area contributed by atoms with Gasteiger partial charge in [0, 0.05) is 28.6 Å². The van der Waals surface area contributed by atoms with Crippen LogP contribution >= 0.6 is 0 Å². The fourth-order valence-electron chi connectivity index (χ4n) is 3.56. The van der Waals surface area contributed by atoms with Gasteiger partial charge in [-0.3, -0.25) is 9.89 Å². The highest BCUT2D eigenvalue weighted by atomic mass is 16.1. The third-order valence-corrected chi connectivity index (χ3v) is 5.43. The normalized spacial score (nSPS) is 21.7. The van der Waals surface area contributed by atoms with Crippen LogP contribution in [-0.4, -0.2) is 28.7 Å². The van der Waals surface area contributed by atoms with Crippen LogP contribution < -0.4 is 10.6 Å². The molecule has 2 fully saturated rings. The zero-order chi connectivity index (χ0) is 17.5. The van der Waals surface area contributed by atoms with E-state index in [2.05, 4.69) is 26.9 Å². The molecule has 5 rings (SSSR count). The number of H-pyrrole nitrogens is 1.